The van der Waals surface area contributed by atoms with E-state index in [-0.39, 0.29) is 18.0 Å². The number of nitrogens with one attached hydrogen (secondary N) is 2. The second-order valence-corrected chi connectivity index (χ2v) is 6.64. The van der Waals surface area contributed by atoms with Gasteiger partial charge in [-0.1, -0.05) is 18.5 Å². The first-order valence-electron chi connectivity index (χ1n) is 8.27. The quantitative estimate of drug-likeness (QED) is 0.849. The smallest absolute Gasteiger partial charge is 0.258 e. The summed E-state index contributed by atoms with van der Waals surface area (Å²) in [4.78, 5) is 22.0. The fourth-order valence-corrected chi connectivity index (χ4v) is 3.32. The summed E-state index contributed by atoms with van der Waals surface area (Å²) in [7, 11) is 0. The van der Waals surface area contributed by atoms with Crippen LogP contribution in [0.2, 0.25) is 5.02 Å². The predicted octanol–water partition coefficient (Wildman–Crippen LogP) is 2.82. The van der Waals surface area contributed by atoms with Crippen LogP contribution < -0.4 is 10.9 Å². The van der Waals surface area contributed by atoms with Crippen LogP contribution in [0.1, 0.15) is 25.6 Å². The Balaban J connectivity index is 0.00000208. The third kappa shape index (κ3) is 4.70. The van der Waals surface area contributed by atoms with E-state index in [0.29, 0.717) is 22.5 Å². The fraction of sp³-hybridized carbons (Fsp3) is 0.529. The molecule has 0 aliphatic carbocycles. The molecule has 0 spiro atoms. The van der Waals surface area contributed by atoms with Gasteiger partial charge < -0.3 is 10.3 Å². The monoisotopic (exact) mass is 370 g/mol. The zero-order valence-corrected chi connectivity index (χ0v) is 15.4. The minimum absolute atomic E-state index is 0. The van der Waals surface area contributed by atoms with E-state index in [1.54, 1.807) is 18.2 Å². The summed E-state index contributed by atoms with van der Waals surface area (Å²) in [5.41, 5.74) is 0.588. The van der Waals surface area contributed by atoms with Gasteiger partial charge in [-0.15, -0.1) is 12.4 Å². The highest BCUT2D eigenvalue weighted by molar-refractivity contribution is 6.31. The van der Waals surface area contributed by atoms with Crippen molar-refractivity contribution < 1.29 is 0 Å². The average molecular weight is 371 g/mol. The number of halogens is 2. The molecular formula is C17H24Cl2N4O. The lowest BCUT2D eigenvalue weighted by Gasteiger charge is -2.31. The number of aromatic nitrogens is 2. The fourth-order valence-electron chi connectivity index (χ4n) is 3.14. The molecule has 1 aromatic heterocycles. The summed E-state index contributed by atoms with van der Waals surface area (Å²) in [6.45, 7) is 7.09. The van der Waals surface area contributed by atoms with E-state index in [9.17, 15) is 4.79 Å². The Labute approximate surface area is 153 Å². The number of likely N-dealkylation sites (tertiary alicyclic amines) is 1. The maximum absolute atomic E-state index is 12.2. The van der Waals surface area contributed by atoms with Gasteiger partial charge in [0.1, 0.15) is 5.82 Å². The zero-order valence-electron chi connectivity index (χ0n) is 13.8. The first-order chi connectivity index (χ1) is 11.2. The molecule has 0 amide bonds. The Morgan fingerprint density at radius 3 is 2.83 bits per heavy atom. The normalized spacial score (nSPS) is 16.2. The highest BCUT2D eigenvalue weighted by atomic mass is 35.5. The van der Waals surface area contributed by atoms with Crippen LogP contribution in [0.15, 0.2) is 23.0 Å². The van der Waals surface area contributed by atoms with Crippen molar-refractivity contribution in [2.45, 2.75) is 26.3 Å². The van der Waals surface area contributed by atoms with Crippen molar-refractivity contribution in [3.63, 3.8) is 0 Å². The first-order valence-corrected chi connectivity index (χ1v) is 8.65. The Morgan fingerprint density at radius 2 is 2.12 bits per heavy atom. The molecule has 2 aromatic rings. The zero-order chi connectivity index (χ0) is 16.2. The number of fused-ring (bicyclic) bond motifs is 1. The standard InChI is InChI=1S/C17H23ClN4O.ClH/c1-2-19-10-12-5-7-22(8-6-12)11-16-20-15-4-3-13(18)9-14(15)17(23)21-16;/h3-4,9,12,19H,2,5-8,10-11H2,1H3,(H,20,21,23);1H. The molecule has 1 aromatic carbocycles. The number of nitrogens with zero attached hydrogens (tertiary/aromatic N) is 2. The SMILES string of the molecule is CCNCC1CCN(Cc2nc3ccc(Cl)cc3c(=O)[nH]2)CC1.Cl. The summed E-state index contributed by atoms with van der Waals surface area (Å²) in [5, 5.41) is 4.53. The molecule has 3 rings (SSSR count). The van der Waals surface area contributed by atoms with Crippen LogP contribution in [-0.2, 0) is 6.54 Å². The molecule has 1 saturated heterocycles. The van der Waals surface area contributed by atoms with E-state index in [1.165, 1.54) is 12.8 Å². The topological polar surface area (TPSA) is 61.0 Å². The summed E-state index contributed by atoms with van der Waals surface area (Å²) in [6, 6.07) is 5.24. The Hall–Kier alpha value is -1.14. The lowest BCUT2D eigenvalue weighted by atomic mass is 9.97. The van der Waals surface area contributed by atoms with Crippen LogP contribution in [0.25, 0.3) is 10.9 Å². The van der Waals surface area contributed by atoms with Crippen molar-refractivity contribution in [3.05, 3.63) is 39.4 Å². The Morgan fingerprint density at radius 1 is 1.38 bits per heavy atom. The molecule has 0 radical (unpaired) electrons. The second kappa shape index (κ2) is 8.81. The van der Waals surface area contributed by atoms with Gasteiger partial charge >= 0.3 is 0 Å². The number of benzene rings is 1. The van der Waals surface area contributed by atoms with Crippen molar-refractivity contribution >= 4 is 34.9 Å². The molecule has 1 aliphatic heterocycles. The van der Waals surface area contributed by atoms with E-state index >= 15 is 0 Å². The van der Waals surface area contributed by atoms with Gasteiger partial charge in [0, 0.05) is 5.02 Å². The molecule has 24 heavy (non-hydrogen) atoms. The molecule has 1 fully saturated rings. The Bertz CT molecular complexity index is 726. The Kier molecular flexibility index (Phi) is 7.04. The number of hydrogen-bond acceptors (Lipinski definition) is 4. The number of piperidine rings is 1. The van der Waals surface area contributed by atoms with Crippen molar-refractivity contribution in [1.82, 2.24) is 20.2 Å². The highest BCUT2D eigenvalue weighted by Gasteiger charge is 2.19. The highest BCUT2D eigenvalue weighted by Crippen LogP contribution is 2.18. The molecule has 2 N–H and O–H groups in total. The van der Waals surface area contributed by atoms with Crippen molar-refractivity contribution in [1.29, 1.82) is 0 Å². The maximum atomic E-state index is 12.2. The molecular weight excluding hydrogens is 347 g/mol. The lowest BCUT2D eigenvalue weighted by molar-refractivity contribution is 0.172. The molecule has 7 heteroatoms. The van der Waals surface area contributed by atoms with Gasteiger partial charge in [-0.3, -0.25) is 9.69 Å². The van der Waals surface area contributed by atoms with E-state index < -0.39 is 0 Å². The second-order valence-electron chi connectivity index (χ2n) is 6.20. The lowest BCUT2D eigenvalue weighted by Crippen LogP contribution is -2.37. The first kappa shape index (κ1) is 19.2. The summed E-state index contributed by atoms with van der Waals surface area (Å²) < 4.78 is 0. The van der Waals surface area contributed by atoms with Crippen LogP contribution >= 0.6 is 24.0 Å². The van der Waals surface area contributed by atoms with E-state index in [1.807, 2.05) is 0 Å². The average Bonchev–Trinajstić information content (AvgIpc) is 2.55. The van der Waals surface area contributed by atoms with E-state index in [2.05, 4.69) is 27.1 Å². The molecule has 5 nitrogen and oxygen atoms in total. The van der Waals surface area contributed by atoms with Crippen LogP contribution in [0.3, 0.4) is 0 Å². The minimum atomic E-state index is -0.116. The molecule has 132 valence electrons. The minimum Gasteiger partial charge on any atom is -0.317 e. The van der Waals surface area contributed by atoms with Crippen LogP contribution in [0.4, 0.5) is 0 Å². The van der Waals surface area contributed by atoms with Gasteiger partial charge in [0.05, 0.1) is 17.4 Å². The largest absolute Gasteiger partial charge is 0.317 e. The number of aromatic amines is 1. The van der Waals surface area contributed by atoms with Crippen LogP contribution in [0.5, 0.6) is 0 Å². The maximum Gasteiger partial charge on any atom is 0.258 e. The third-order valence-corrected chi connectivity index (χ3v) is 4.72. The molecule has 2 heterocycles. The van der Waals surface area contributed by atoms with E-state index in [4.69, 9.17) is 11.6 Å². The number of H-pyrrole nitrogens is 1. The van der Waals surface area contributed by atoms with Gasteiger partial charge in [0.2, 0.25) is 0 Å². The molecule has 0 bridgehead atoms. The summed E-state index contributed by atoms with van der Waals surface area (Å²) >= 11 is 5.94. The van der Waals surface area contributed by atoms with Gasteiger partial charge in [-0.05, 0) is 63.1 Å². The molecule has 1 aliphatic rings. The van der Waals surface area contributed by atoms with Gasteiger partial charge in [0.25, 0.3) is 5.56 Å². The summed E-state index contributed by atoms with van der Waals surface area (Å²) in [5.74, 6) is 1.49. The van der Waals surface area contributed by atoms with Crippen molar-refractivity contribution in [2.75, 3.05) is 26.2 Å². The number of hydrogen-bond donors (Lipinski definition) is 2. The van der Waals surface area contributed by atoms with Crippen LogP contribution in [-0.4, -0.2) is 41.0 Å². The van der Waals surface area contributed by atoms with Crippen LogP contribution in [0, 0.1) is 5.92 Å². The molecule has 0 atom stereocenters. The predicted molar refractivity (Wildman–Crippen MR) is 101 cm³/mol. The van der Waals surface area contributed by atoms with Crippen molar-refractivity contribution in [3.8, 4) is 0 Å². The van der Waals surface area contributed by atoms with Gasteiger partial charge in [-0.25, -0.2) is 4.98 Å². The van der Waals surface area contributed by atoms with E-state index in [0.717, 1.165) is 37.9 Å². The molecule has 0 unspecified atom stereocenters. The van der Waals surface area contributed by atoms with Crippen molar-refractivity contribution in [2.24, 2.45) is 5.92 Å². The van der Waals surface area contributed by atoms with Gasteiger partial charge in [-0.2, -0.15) is 0 Å². The third-order valence-electron chi connectivity index (χ3n) is 4.48. The summed E-state index contributed by atoms with van der Waals surface area (Å²) in [6.07, 6.45) is 2.39. The molecule has 0 saturated carbocycles. The van der Waals surface area contributed by atoms with Gasteiger partial charge in [0.15, 0.2) is 0 Å². The number of rotatable bonds is 5.